The summed E-state index contributed by atoms with van der Waals surface area (Å²) >= 11 is 0. The molecule has 1 N–H and O–H groups in total. The van der Waals surface area contributed by atoms with Crippen LogP contribution in [-0.4, -0.2) is 56.3 Å². The first-order valence-electron chi connectivity index (χ1n) is 9.18. The number of aromatic nitrogens is 5. The monoisotopic (exact) mass is 409 g/mol. The Balaban J connectivity index is 1.41. The summed E-state index contributed by atoms with van der Waals surface area (Å²) in [5, 5.41) is 18.3. The van der Waals surface area contributed by atoms with Crippen molar-refractivity contribution in [1.82, 2.24) is 25.2 Å². The van der Waals surface area contributed by atoms with Crippen LogP contribution in [0.2, 0.25) is 0 Å². The molecule has 1 aliphatic rings. The van der Waals surface area contributed by atoms with Gasteiger partial charge in [-0.3, -0.25) is 5.32 Å². The van der Waals surface area contributed by atoms with Crippen molar-refractivity contribution in [1.29, 1.82) is 0 Å². The number of epoxide rings is 1. The molecule has 2 aromatic heterocycles. The molecule has 30 heavy (non-hydrogen) atoms. The van der Waals surface area contributed by atoms with E-state index in [9.17, 15) is 4.79 Å². The molecule has 154 valence electrons. The molecular formula is C19H19N7O4. The van der Waals surface area contributed by atoms with E-state index in [1.807, 2.05) is 30.3 Å². The lowest BCUT2D eigenvalue weighted by molar-refractivity contribution is 0.128. The summed E-state index contributed by atoms with van der Waals surface area (Å²) in [6, 6.07) is 14.6. The van der Waals surface area contributed by atoms with Gasteiger partial charge in [0.25, 0.3) is 0 Å². The van der Waals surface area contributed by atoms with Crippen LogP contribution in [0.25, 0.3) is 0 Å². The van der Waals surface area contributed by atoms with Crippen LogP contribution in [0.4, 0.5) is 10.6 Å². The van der Waals surface area contributed by atoms with E-state index in [1.54, 1.807) is 25.2 Å². The van der Waals surface area contributed by atoms with Gasteiger partial charge in [-0.1, -0.05) is 41.6 Å². The van der Waals surface area contributed by atoms with E-state index < -0.39 is 6.09 Å². The zero-order valence-corrected chi connectivity index (χ0v) is 16.1. The van der Waals surface area contributed by atoms with Gasteiger partial charge in [0.05, 0.1) is 12.3 Å². The van der Waals surface area contributed by atoms with Crippen LogP contribution in [0, 0.1) is 0 Å². The van der Waals surface area contributed by atoms with E-state index in [4.69, 9.17) is 14.3 Å². The second-order valence-electron chi connectivity index (χ2n) is 6.40. The average molecular weight is 409 g/mol. The maximum atomic E-state index is 11.8. The largest absolute Gasteiger partial charge is 0.446 e. The number of hydrogen-bond donors (Lipinski definition) is 1. The Morgan fingerprint density at radius 3 is 2.83 bits per heavy atom. The highest BCUT2D eigenvalue weighted by Gasteiger charge is 2.24. The van der Waals surface area contributed by atoms with Gasteiger partial charge in [-0.05, 0) is 22.6 Å². The number of carbonyl (C=O) groups is 1. The van der Waals surface area contributed by atoms with Gasteiger partial charge in [0, 0.05) is 12.6 Å². The van der Waals surface area contributed by atoms with Crippen molar-refractivity contribution in [2.45, 2.75) is 12.7 Å². The Morgan fingerprint density at radius 2 is 2.10 bits per heavy atom. The maximum absolute atomic E-state index is 11.8. The van der Waals surface area contributed by atoms with E-state index in [2.05, 4.69) is 31.0 Å². The minimum atomic E-state index is -0.588. The van der Waals surface area contributed by atoms with Crippen LogP contribution >= 0.6 is 0 Å². The molecule has 0 radical (unpaired) electrons. The average Bonchev–Trinajstić information content (AvgIpc) is 3.50. The number of amides is 1. The van der Waals surface area contributed by atoms with Gasteiger partial charge in [-0.2, -0.15) is 0 Å². The van der Waals surface area contributed by atoms with Gasteiger partial charge in [0.1, 0.15) is 18.5 Å². The van der Waals surface area contributed by atoms with Crippen molar-refractivity contribution in [2.24, 2.45) is 12.2 Å². The zero-order valence-electron chi connectivity index (χ0n) is 16.1. The normalized spacial score (nSPS) is 15.5. The summed E-state index contributed by atoms with van der Waals surface area (Å²) in [6.45, 7) is 0.929. The quantitative estimate of drug-likeness (QED) is 0.337. The summed E-state index contributed by atoms with van der Waals surface area (Å²) in [5.74, 6) is 0.814. The summed E-state index contributed by atoms with van der Waals surface area (Å²) in [6.07, 6.45) is -0.584. The van der Waals surface area contributed by atoms with E-state index in [0.29, 0.717) is 29.7 Å². The highest BCUT2D eigenvalue weighted by molar-refractivity contribution is 6.10. The van der Waals surface area contributed by atoms with E-state index in [-0.39, 0.29) is 19.3 Å². The molecule has 1 fully saturated rings. The predicted molar refractivity (Wildman–Crippen MR) is 105 cm³/mol. The Kier molecular flexibility index (Phi) is 5.90. The van der Waals surface area contributed by atoms with Crippen molar-refractivity contribution >= 4 is 17.6 Å². The molecule has 0 spiro atoms. The lowest BCUT2D eigenvalue weighted by Crippen LogP contribution is -2.17. The number of benzene rings is 1. The van der Waals surface area contributed by atoms with Gasteiger partial charge < -0.3 is 14.3 Å². The summed E-state index contributed by atoms with van der Waals surface area (Å²) in [5.41, 5.74) is 1.87. The molecule has 0 saturated carbocycles. The lowest BCUT2D eigenvalue weighted by Gasteiger charge is -2.08. The molecule has 0 bridgehead atoms. The number of pyridine rings is 1. The minimum absolute atomic E-state index is 0.00392. The molecule has 1 saturated heterocycles. The molecule has 3 aromatic rings. The lowest BCUT2D eigenvalue weighted by atomic mass is 10.1. The van der Waals surface area contributed by atoms with Crippen molar-refractivity contribution in [3.8, 4) is 0 Å². The molecule has 11 nitrogen and oxygen atoms in total. The number of tetrazole rings is 1. The number of oxime groups is 1. The highest BCUT2D eigenvalue weighted by atomic mass is 16.6. The van der Waals surface area contributed by atoms with E-state index in [0.717, 1.165) is 5.56 Å². The third kappa shape index (κ3) is 5.14. The Labute approximate surface area is 171 Å². The predicted octanol–water partition coefficient (Wildman–Crippen LogP) is 1.52. The van der Waals surface area contributed by atoms with Crippen LogP contribution in [-0.2, 0) is 28.0 Å². The fraction of sp³-hybridized carbons (Fsp3) is 0.263. The number of anilines is 1. The smallest absolute Gasteiger partial charge is 0.412 e. The molecule has 1 atom stereocenters. The molecule has 1 amide bonds. The number of carbonyl (C=O) groups excluding carboxylic acids is 1. The molecule has 1 aromatic carbocycles. The maximum Gasteiger partial charge on any atom is 0.412 e. The van der Waals surface area contributed by atoms with Crippen LogP contribution in [0.5, 0.6) is 0 Å². The summed E-state index contributed by atoms with van der Waals surface area (Å²) < 4.78 is 11.5. The van der Waals surface area contributed by atoms with E-state index in [1.165, 1.54) is 4.68 Å². The Bertz CT molecular complexity index is 1030. The molecule has 1 aliphatic heterocycles. The molecule has 0 aliphatic carbocycles. The summed E-state index contributed by atoms with van der Waals surface area (Å²) in [4.78, 5) is 21.6. The van der Waals surface area contributed by atoms with Gasteiger partial charge >= 0.3 is 6.09 Å². The number of ether oxygens (including phenoxy) is 2. The van der Waals surface area contributed by atoms with Crippen molar-refractivity contribution in [3.05, 3.63) is 65.6 Å². The molecule has 4 rings (SSSR count). The van der Waals surface area contributed by atoms with E-state index >= 15 is 0 Å². The fourth-order valence-electron chi connectivity index (χ4n) is 2.51. The van der Waals surface area contributed by atoms with Gasteiger partial charge in [-0.15, -0.1) is 5.10 Å². The third-order valence-corrected chi connectivity index (χ3v) is 4.09. The molecule has 1 unspecified atom stereocenters. The number of nitrogens with one attached hydrogen (secondary N) is 1. The minimum Gasteiger partial charge on any atom is -0.446 e. The molecule has 3 heterocycles. The van der Waals surface area contributed by atoms with Gasteiger partial charge in [0.2, 0.25) is 5.82 Å². The SMILES string of the molecule is Cn1nnnc1C(=NOCc1cccc(NC(=O)OCC2CO2)n1)c1ccccc1. The number of rotatable bonds is 8. The third-order valence-electron chi connectivity index (χ3n) is 4.09. The van der Waals surface area contributed by atoms with Crippen molar-refractivity contribution in [3.63, 3.8) is 0 Å². The Hall–Kier alpha value is -3.86. The van der Waals surface area contributed by atoms with Crippen molar-refractivity contribution in [2.75, 3.05) is 18.5 Å². The number of nitrogens with zero attached hydrogens (tertiary/aromatic N) is 6. The van der Waals surface area contributed by atoms with Crippen LogP contribution in [0.3, 0.4) is 0 Å². The molecular weight excluding hydrogens is 390 g/mol. The van der Waals surface area contributed by atoms with Gasteiger partial charge in [-0.25, -0.2) is 14.5 Å². The fourth-order valence-corrected chi connectivity index (χ4v) is 2.51. The van der Waals surface area contributed by atoms with Crippen molar-refractivity contribution < 1.29 is 19.1 Å². The standard InChI is InChI=1S/C19H19N7O4/c1-26-18(22-24-25-26)17(13-6-3-2-4-7-13)23-30-10-14-8-5-9-16(20-14)21-19(27)29-12-15-11-28-15/h2-9,15H,10-12H2,1H3,(H,20,21,27). The van der Waals surface area contributed by atoms with Crippen LogP contribution in [0.15, 0.2) is 53.7 Å². The van der Waals surface area contributed by atoms with Crippen LogP contribution < -0.4 is 5.32 Å². The highest BCUT2D eigenvalue weighted by Crippen LogP contribution is 2.12. The Morgan fingerprint density at radius 1 is 1.27 bits per heavy atom. The number of aryl methyl sites for hydroxylation is 1. The van der Waals surface area contributed by atoms with Gasteiger partial charge in [0.15, 0.2) is 12.3 Å². The second-order valence-corrected chi connectivity index (χ2v) is 6.40. The zero-order chi connectivity index (χ0) is 20.8. The first kappa shape index (κ1) is 19.5. The second kappa shape index (κ2) is 9.09. The first-order valence-corrected chi connectivity index (χ1v) is 9.18. The first-order chi connectivity index (χ1) is 14.7. The van der Waals surface area contributed by atoms with Crippen LogP contribution in [0.1, 0.15) is 17.1 Å². The topological polar surface area (TPSA) is 129 Å². The summed E-state index contributed by atoms with van der Waals surface area (Å²) in [7, 11) is 1.72. The molecule has 11 heteroatoms. The number of hydrogen-bond acceptors (Lipinski definition) is 9.